The fraction of sp³-hybridized carbons (Fsp3) is 0.154. The number of hydrogen-bond acceptors (Lipinski definition) is 3. The van der Waals surface area contributed by atoms with E-state index < -0.39 is 0 Å². The van der Waals surface area contributed by atoms with E-state index in [1.807, 2.05) is 31.2 Å². The number of aromatic nitrogens is 2. The van der Waals surface area contributed by atoms with Crippen molar-refractivity contribution in [2.45, 2.75) is 13.3 Å². The van der Waals surface area contributed by atoms with Crippen LogP contribution in [0.1, 0.15) is 21.7 Å². The Morgan fingerprint density at radius 2 is 1.75 bits per heavy atom. The van der Waals surface area contributed by atoms with Crippen molar-refractivity contribution in [1.29, 1.82) is 0 Å². The lowest BCUT2D eigenvalue weighted by molar-refractivity contribution is 0.0983. The highest BCUT2D eigenvalue weighted by Crippen LogP contribution is 2.06. The molecule has 0 radical (unpaired) electrons. The van der Waals surface area contributed by atoms with Crippen LogP contribution < -0.4 is 0 Å². The molecule has 0 aliphatic heterocycles. The molecule has 80 valence electrons. The van der Waals surface area contributed by atoms with Gasteiger partial charge in [-0.05, 0) is 18.6 Å². The summed E-state index contributed by atoms with van der Waals surface area (Å²) >= 11 is 0. The van der Waals surface area contributed by atoms with Gasteiger partial charge in [0.25, 0.3) is 0 Å². The minimum absolute atomic E-state index is 0.0514. The van der Waals surface area contributed by atoms with E-state index in [4.69, 9.17) is 0 Å². The summed E-state index contributed by atoms with van der Waals surface area (Å²) in [7, 11) is 0. The average Bonchev–Trinajstić information content (AvgIpc) is 2.33. The van der Waals surface area contributed by atoms with Crippen molar-refractivity contribution in [3.8, 4) is 0 Å². The summed E-state index contributed by atoms with van der Waals surface area (Å²) in [5.74, 6) is 0.229. The number of carbonyl (C=O) groups is 1. The number of carbonyl (C=O) groups excluding carboxylic acids is 1. The molecule has 0 spiro atoms. The minimum Gasteiger partial charge on any atom is -0.290 e. The molecule has 1 aromatic carbocycles. The van der Waals surface area contributed by atoms with Gasteiger partial charge >= 0.3 is 0 Å². The summed E-state index contributed by atoms with van der Waals surface area (Å²) in [6.07, 6.45) is 3.51. The largest absolute Gasteiger partial charge is 0.290 e. The molecule has 0 bridgehead atoms. The normalized spacial score (nSPS) is 10.1. The highest BCUT2D eigenvalue weighted by molar-refractivity contribution is 5.93. The summed E-state index contributed by atoms with van der Waals surface area (Å²) in [5, 5.41) is 0. The zero-order chi connectivity index (χ0) is 11.4. The lowest BCUT2D eigenvalue weighted by atomic mass is 10.1. The van der Waals surface area contributed by atoms with Crippen LogP contribution in [0.3, 0.4) is 0 Å². The van der Waals surface area contributed by atoms with Gasteiger partial charge in [-0.2, -0.15) is 0 Å². The van der Waals surface area contributed by atoms with Crippen LogP contribution in [0, 0.1) is 6.92 Å². The summed E-state index contributed by atoms with van der Waals surface area (Å²) in [6, 6.07) is 9.60. The second kappa shape index (κ2) is 4.66. The third-order valence-corrected chi connectivity index (χ3v) is 2.30. The highest BCUT2D eigenvalue weighted by atomic mass is 16.1. The molecule has 0 amide bonds. The lowest BCUT2D eigenvalue weighted by Crippen LogP contribution is -2.07. The second-order valence-corrected chi connectivity index (χ2v) is 3.66. The Labute approximate surface area is 94.2 Å². The molecule has 0 atom stereocenters. The number of benzene rings is 1. The van der Waals surface area contributed by atoms with Crippen LogP contribution in [0.2, 0.25) is 0 Å². The van der Waals surface area contributed by atoms with Crippen molar-refractivity contribution in [2.75, 3.05) is 0 Å². The van der Waals surface area contributed by atoms with Crippen LogP contribution in [-0.2, 0) is 6.42 Å². The lowest BCUT2D eigenvalue weighted by Gasteiger charge is -2.00. The molecule has 2 rings (SSSR count). The SMILES string of the molecule is Cc1ccc(CC(=O)c2ncccn2)cc1. The molecule has 2 aromatic rings. The Morgan fingerprint density at radius 3 is 2.38 bits per heavy atom. The summed E-state index contributed by atoms with van der Waals surface area (Å²) in [6.45, 7) is 2.02. The summed E-state index contributed by atoms with van der Waals surface area (Å²) in [5.41, 5.74) is 2.18. The van der Waals surface area contributed by atoms with Crippen LogP contribution in [0.5, 0.6) is 0 Å². The quantitative estimate of drug-likeness (QED) is 0.732. The Kier molecular flexibility index (Phi) is 3.05. The number of hydrogen-bond donors (Lipinski definition) is 0. The third-order valence-electron chi connectivity index (χ3n) is 2.30. The molecule has 0 N–H and O–H groups in total. The molecule has 1 heterocycles. The predicted octanol–water partition coefficient (Wildman–Crippen LogP) is 2.21. The van der Waals surface area contributed by atoms with Crippen LogP contribution in [0.25, 0.3) is 0 Å². The molecular formula is C13H12N2O. The van der Waals surface area contributed by atoms with Crippen molar-refractivity contribution in [3.63, 3.8) is 0 Å². The molecule has 0 saturated carbocycles. The second-order valence-electron chi connectivity index (χ2n) is 3.66. The van der Waals surface area contributed by atoms with Crippen LogP contribution >= 0.6 is 0 Å². The Hall–Kier alpha value is -2.03. The standard InChI is InChI=1S/C13H12N2O/c1-10-3-5-11(6-4-10)9-12(16)13-14-7-2-8-15-13/h2-8H,9H2,1H3. The van der Waals surface area contributed by atoms with Gasteiger partial charge in [-0.1, -0.05) is 29.8 Å². The highest BCUT2D eigenvalue weighted by Gasteiger charge is 2.08. The molecule has 0 fully saturated rings. The molecular weight excluding hydrogens is 200 g/mol. The Bertz CT molecular complexity index is 477. The van der Waals surface area contributed by atoms with E-state index in [0.717, 1.165) is 5.56 Å². The zero-order valence-electron chi connectivity index (χ0n) is 9.05. The van der Waals surface area contributed by atoms with Crippen molar-refractivity contribution in [3.05, 3.63) is 59.7 Å². The fourth-order valence-electron chi connectivity index (χ4n) is 1.41. The number of ketones is 1. The first-order valence-electron chi connectivity index (χ1n) is 5.11. The molecule has 0 aliphatic rings. The van der Waals surface area contributed by atoms with Gasteiger partial charge in [0.15, 0.2) is 5.82 Å². The first kappa shape index (κ1) is 10.5. The molecule has 0 saturated heterocycles. The average molecular weight is 212 g/mol. The van der Waals surface area contributed by atoms with Crippen molar-refractivity contribution in [1.82, 2.24) is 9.97 Å². The van der Waals surface area contributed by atoms with Gasteiger partial charge < -0.3 is 0 Å². The van der Waals surface area contributed by atoms with Gasteiger partial charge in [0.05, 0.1) is 0 Å². The van der Waals surface area contributed by atoms with Crippen molar-refractivity contribution in [2.24, 2.45) is 0 Å². The predicted molar refractivity (Wildman–Crippen MR) is 61.2 cm³/mol. The first-order valence-corrected chi connectivity index (χ1v) is 5.11. The first-order chi connectivity index (χ1) is 7.75. The monoisotopic (exact) mass is 212 g/mol. The van der Waals surface area contributed by atoms with Crippen molar-refractivity contribution < 1.29 is 4.79 Å². The summed E-state index contributed by atoms with van der Waals surface area (Å²) < 4.78 is 0. The molecule has 0 aliphatic carbocycles. The molecule has 1 aromatic heterocycles. The van der Waals surface area contributed by atoms with E-state index in [0.29, 0.717) is 6.42 Å². The number of nitrogens with zero attached hydrogens (tertiary/aromatic N) is 2. The van der Waals surface area contributed by atoms with Gasteiger partial charge in [0, 0.05) is 18.8 Å². The van der Waals surface area contributed by atoms with Gasteiger partial charge in [-0.3, -0.25) is 4.79 Å². The topological polar surface area (TPSA) is 42.9 Å². The van der Waals surface area contributed by atoms with E-state index >= 15 is 0 Å². The minimum atomic E-state index is -0.0514. The Morgan fingerprint density at radius 1 is 1.12 bits per heavy atom. The molecule has 3 nitrogen and oxygen atoms in total. The third kappa shape index (κ3) is 2.51. The molecule has 3 heteroatoms. The van der Waals surface area contributed by atoms with Crippen LogP contribution in [0.15, 0.2) is 42.7 Å². The van der Waals surface area contributed by atoms with Gasteiger partial charge in [-0.25, -0.2) is 9.97 Å². The van der Waals surface area contributed by atoms with Gasteiger partial charge in [0.2, 0.25) is 5.78 Å². The van der Waals surface area contributed by atoms with E-state index in [1.54, 1.807) is 18.5 Å². The Balaban J connectivity index is 2.11. The van der Waals surface area contributed by atoms with Gasteiger partial charge in [-0.15, -0.1) is 0 Å². The zero-order valence-corrected chi connectivity index (χ0v) is 9.05. The maximum absolute atomic E-state index is 11.8. The van der Waals surface area contributed by atoms with E-state index in [1.165, 1.54) is 5.56 Å². The number of rotatable bonds is 3. The van der Waals surface area contributed by atoms with E-state index in [9.17, 15) is 4.79 Å². The van der Waals surface area contributed by atoms with Crippen molar-refractivity contribution >= 4 is 5.78 Å². The number of Topliss-reactive ketones (excluding diaryl/α,β-unsaturated/α-hetero) is 1. The van der Waals surface area contributed by atoms with E-state index in [-0.39, 0.29) is 11.6 Å². The maximum atomic E-state index is 11.8. The van der Waals surface area contributed by atoms with Crippen LogP contribution in [0.4, 0.5) is 0 Å². The molecule has 0 unspecified atom stereocenters. The fourth-order valence-corrected chi connectivity index (χ4v) is 1.41. The smallest absolute Gasteiger partial charge is 0.204 e. The number of aryl methyl sites for hydroxylation is 1. The van der Waals surface area contributed by atoms with Gasteiger partial charge in [0.1, 0.15) is 0 Å². The van der Waals surface area contributed by atoms with Crippen LogP contribution in [-0.4, -0.2) is 15.8 Å². The summed E-state index contributed by atoms with van der Waals surface area (Å²) in [4.78, 5) is 19.6. The molecule has 16 heavy (non-hydrogen) atoms. The maximum Gasteiger partial charge on any atom is 0.204 e. The van der Waals surface area contributed by atoms with E-state index in [2.05, 4.69) is 9.97 Å².